The topological polar surface area (TPSA) is 79.4 Å². The van der Waals surface area contributed by atoms with Crippen LogP contribution in [0.25, 0.3) is 0 Å². The maximum atomic E-state index is 11.4. The number of aromatic nitrogens is 2. The van der Waals surface area contributed by atoms with Crippen molar-refractivity contribution in [1.82, 2.24) is 9.78 Å². The molecule has 0 aliphatic rings. The number of hydrogen-bond donors (Lipinski definition) is 1. The fourth-order valence-corrected chi connectivity index (χ4v) is 1.84. The molecule has 2 aromatic rings. The zero-order chi connectivity index (χ0) is 14.5. The molecule has 0 amide bonds. The van der Waals surface area contributed by atoms with Crippen LogP contribution in [-0.4, -0.2) is 30.0 Å². The van der Waals surface area contributed by atoms with Crippen molar-refractivity contribution in [2.24, 2.45) is 0 Å². The SMILES string of the molecule is COC(=O)c1nn(CCc2ccc(OC)cc2)cc1N. The minimum atomic E-state index is -0.523. The molecule has 0 atom stereocenters. The fourth-order valence-electron chi connectivity index (χ4n) is 1.84. The highest BCUT2D eigenvalue weighted by Gasteiger charge is 2.14. The van der Waals surface area contributed by atoms with E-state index in [1.807, 2.05) is 24.3 Å². The summed E-state index contributed by atoms with van der Waals surface area (Å²) in [5.74, 6) is 0.302. The first-order chi connectivity index (χ1) is 9.63. The predicted molar refractivity (Wildman–Crippen MR) is 74.7 cm³/mol. The van der Waals surface area contributed by atoms with Crippen LogP contribution < -0.4 is 10.5 Å². The maximum absolute atomic E-state index is 11.4. The third-order valence-electron chi connectivity index (χ3n) is 2.96. The molecule has 0 saturated heterocycles. The van der Waals surface area contributed by atoms with E-state index >= 15 is 0 Å². The highest BCUT2D eigenvalue weighted by Crippen LogP contribution is 2.14. The van der Waals surface area contributed by atoms with Crippen molar-refractivity contribution >= 4 is 11.7 Å². The maximum Gasteiger partial charge on any atom is 0.360 e. The molecule has 0 aliphatic carbocycles. The largest absolute Gasteiger partial charge is 0.497 e. The van der Waals surface area contributed by atoms with Crippen molar-refractivity contribution in [3.05, 3.63) is 41.7 Å². The Balaban J connectivity index is 2.01. The number of nitrogens with two attached hydrogens (primary N) is 1. The standard InChI is InChI=1S/C14H17N3O3/c1-19-11-5-3-10(4-6-11)7-8-17-9-12(15)13(16-17)14(18)20-2/h3-6,9H,7-8,15H2,1-2H3. The van der Waals surface area contributed by atoms with Gasteiger partial charge in [0, 0.05) is 12.7 Å². The van der Waals surface area contributed by atoms with Crippen LogP contribution >= 0.6 is 0 Å². The summed E-state index contributed by atoms with van der Waals surface area (Å²) in [5, 5.41) is 4.12. The molecule has 0 saturated carbocycles. The second kappa shape index (κ2) is 6.10. The van der Waals surface area contributed by atoms with Crippen molar-refractivity contribution < 1.29 is 14.3 Å². The molecule has 0 bridgehead atoms. The number of aryl methyl sites for hydroxylation is 2. The molecule has 0 spiro atoms. The number of ether oxygens (including phenoxy) is 2. The third-order valence-corrected chi connectivity index (χ3v) is 2.96. The second-order valence-corrected chi connectivity index (χ2v) is 4.29. The Morgan fingerprint density at radius 2 is 2.00 bits per heavy atom. The summed E-state index contributed by atoms with van der Waals surface area (Å²) in [6.07, 6.45) is 2.42. The highest BCUT2D eigenvalue weighted by atomic mass is 16.5. The van der Waals surface area contributed by atoms with Crippen molar-refractivity contribution in [1.29, 1.82) is 0 Å². The Morgan fingerprint density at radius 3 is 2.60 bits per heavy atom. The smallest absolute Gasteiger partial charge is 0.360 e. The van der Waals surface area contributed by atoms with Crippen molar-refractivity contribution in [3.63, 3.8) is 0 Å². The molecule has 1 aromatic heterocycles. The van der Waals surface area contributed by atoms with Gasteiger partial charge in [0.1, 0.15) is 5.75 Å². The van der Waals surface area contributed by atoms with Gasteiger partial charge in [-0.1, -0.05) is 12.1 Å². The normalized spacial score (nSPS) is 10.3. The van der Waals surface area contributed by atoms with Crippen LogP contribution in [0.3, 0.4) is 0 Å². The van der Waals surface area contributed by atoms with Gasteiger partial charge in [0.25, 0.3) is 0 Å². The van der Waals surface area contributed by atoms with E-state index in [2.05, 4.69) is 9.84 Å². The number of esters is 1. The van der Waals surface area contributed by atoms with Crippen molar-refractivity contribution in [2.75, 3.05) is 20.0 Å². The van der Waals surface area contributed by atoms with Gasteiger partial charge in [-0.3, -0.25) is 4.68 Å². The van der Waals surface area contributed by atoms with Gasteiger partial charge in [0.05, 0.1) is 19.9 Å². The predicted octanol–water partition coefficient (Wildman–Crippen LogP) is 1.50. The number of hydrogen-bond acceptors (Lipinski definition) is 5. The van der Waals surface area contributed by atoms with E-state index < -0.39 is 5.97 Å². The van der Waals surface area contributed by atoms with E-state index in [1.54, 1.807) is 18.0 Å². The lowest BCUT2D eigenvalue weighted by atomic mass is 10.1. The van der Waals surface area contributed by atoms with E-state index in [4.69, 9.17) is 10.5 Å². The van der Waals surface area contributed by atoms with Crippen LogP contribution in [0.1, 0.15) is 16.1 Å². The van der Waals surface area contributed by atoms with Crippen LogP contribution in [0.4, 0.5) is 5.69 Å². The van der Waals surface area contributed by atoms with Gasteiger partial charge < -0.3 is 15.2 Å². The molecule has 1 aromatic carbocycles. The number of benzene rings is 1. The molecule has 6 heteroatoms. The van der Waals surface area contributed by atoms with Crippen LogP contribution in [0.15, 0.2) is 30.5 Å². The summed E-state index contributed by atoms with van der Waals surface area (Å²) in [5.41, 5.74) is 7.36. The molecule has 6 nitrogen and oxygen atoms in total. The average Bonchev–Trinajstić information content (AvgIpc) is 2.86. The van der Waals surface area contributed by atoms with Crippen LogP contribution in [-0.2, 0) is 17.7 Å². The zero-order valence-corrected chi connectivity index (χ0v) is 11.5. The van der Waals surface area contributed by atoms with Crippen molar-refractivity contribution in [2.45, 2.75) is 13.0 Å². The summed E-state index contributed by atoms with van der Waals surface area (Å²) in [6.45, 7) is 0.632. The Labute approximate surface area is 117 Å². The number of anilines is 1. The molecule has 0 radical (unpaired) electrons. The van der Waals surface area contributed by atoms with Gasteiger partial charge in [-0.25, -0.2) is 4.79 Å². The quantitative estimate of drug-likeness (QED) is 0.836. The van der Waals surface area contributed by atoms with Gasteiger partial charge in [0.15, 0.2) is 5.69 Å². The van der Waals surface area contributed by atoms with E-state index in [9.17, 15) is 4.79 Å². The lowest BCUT2D eigenvalue weighted by Gasteiger charge is -2.04. The molecular formula is C14H17N3O3. The number of carbonyl (C=O) groups is 1. The van der Waals surface area contributed by atoms with E-state index in [1.165, 1.54) is 7.11 Å². The summed E-state index contributed by atoms with van der Waals surface area (Å²) in [6, 6.07) is 7.80. The van der Waals surface area contributed by atoms with E-state index in [-0.39, 0.29) is 5.69 Å². The summed E-state index contributed by atoms with van der Waals surface area (Å²) >= 11 is 0. The minimum absolute atomic E-state index is 0.155. The first-order valence-corrected chi connectivity index (χ1v) is 6.18. The lowest BCUT2D eigenvalue weighted by molar-refractivity contribution is 0.0594. The Hall–Kier alpha value is -2.50. The first kappa shape index (κ1) is 13.9. The molecular weight excluding hydrogens is 258 g/mol. The zero-order valence-electron chi connectivity index (χ0n) is 11.5. The Kier molecular flexibility index (Phi) is 4.24. The molecule has 1 heterocycles. The Morgan fingerprint density at radius 1 is 1.30 bits per heavy atom. The monoisotopic (exact) mass is 275 g/mol. The molecule has 2 rings (SSSR count). The molecule has 0 aliphatic heterocycles. The molecule has 20 heavy (non-hydrogen) atoms. The number of carbonyl (C=O) groups excluding carboxylic acids is 1. The Bertz CT molecular complexity index is 590. The minimum Gasteiger partial charge on any atom is -0.497 e. The van der Waals surface area contributed by atoms with Gasteiger partial charge in [-0.05, 0) is 24.1 Å². The average molecular weight is 275 g/mol. The molecule has 0 unspecified atom stereocenters. The number of rotatable bonds is 5. The lowest BCUT2D eigenvalue weighted by Crippen LogP contribution is -2.07. The number of nitrogens with zero attached hydrogens (tertiary/aromatic N) is 2. The highest BCUT2D eigenvalue weighted by molar-refractivity contribution is 5.92. The molecule has 2 N–H and O–H groups in total. The van der Waals surface area contributed by atoms with Gasteiger partial charge in [0.2, 0.25) is 0 Å². The number of methoxy groups -OCH3 is 2. The van der Waals surface area contributed by atoms with Gasteiger partial charge >= 0.3 is 5.97 Å². The number of nitrogen functional groups attached to an aromatic ring is 1. The summed E-state index contributed by atoms with van der Waals surface area (Å²) in [7, 11) is 2.94. The second-order valence-electron chi connectivity index (χ2n) is 4.29. The van der Waals surface area contributed by atoms with Crippen LogP contribution in [0.2, 0.25) is 0 Å². The van der Waals surface area contributed by atoms with E-state index in [0.717, 1.165) is 17.7 Å². The third kappa shape index (κ3) is 3.09. The van der Waals surface area contributed by atoms with Crippen LogP contribution in [0, 0.1) is 0 Å². The summed E-state index contributed by atoms with van der Waals surface area (Å²) in [4.78, 5) is 11.4. The first-order valence-electron chi connectivity index (χ1n) is 6.18. The van der Waals surface area contributed by atoms with Crippen LogP contribution in [0.5, 0.6) is 5.75 Å². The van der Waals surface area contributed by atoms with Crippen molar-refractivity contribution in [3.8, 4) is 5.75 Å². The van der Waals surface area contributed by atoms with E-state index in [0.29, 0.717) is 12.2 Å². The van der Waals surface area contributed by atoms with Gasteiger partial charge in [-0.15, -0.1) is 0 Å². The fraction of sp³-hybridized carbons (Fsp3) is 0.286. The van der Waals surface area contributed by atoms with Gasteiger partial charge in [-0.2, -0.15) is 5.10 Å². The molecule has 0 fully saturated rings. The summed E-state index contributed by atoms with van der Waals surface area (Å²) < 4.78 is 11.4. The molecule has 106 valence electrons.